The van der Waals surface area contributed by atoms with Gasteiger partial charge in [0.2, 0.25) is 0 Å². The minimum absolute atomic E-state index is 0. The first kappa shape index (κ1) is 15.3. The summed E-state index contributed by atoms with van der Waals surface area (Å²) in [5.74, 6) is 0. The Hall–Kier alpha value is -2.06. The van der Waals surface area contributed by atoms with E-state index in [0.29, 0.717) is 0 Å². The lowest BCUT2D eigenvalue weighted by Gasteiger charge is -2.13. The highest BCUT2D eigenvalue weighted by molar-refractivity contribution is 5.93. The molecular weight excluding hydrogens is 280 g/mol. The second-order valence-corrected chi connectivity index (χ2v) is 4.96. The number of para-hydroxylation sites is 2. The van der Waals surface area contributed by atoms with Crippen LogP contribution in [0.1, 0.15) is 18.2 Å². The summed E-state index contributed by atoms with van der Waals surface area (Å²) >= 11 is 0. The first-order valence-corrected chi connectivity index (χ1v) is 6.99. The average Bonchev–Trinajstić information content (AvgIpc) is 2.47. The number of pyridine rings is 1. The van der Waals surface area contributed by atoms with Crippen LogP contribution in [0.2, 0.25) is 0 Å². The van der Waals surface area contributed by atoms with Crippen molar-refractivity contribution in [3.05, 3.63) is 65.9 Å². The minimum atomic E-state index is 0. The number of rotatable bonds is 3. The van der Waals surface area contributed by atoms with Gasteiger partial charge in [-0.25, -0.2) is 0 Å². The summed E-state index contributed by atoms with van der Waals surface area (Å²) in [5, 5.41) is 4.72. The van der Waals surface area contributed by atoms with E-state index in [2.05, 4.69) is 65.8 Å². The van der Waals surface area contributed by atoms with Crippen molar-refractivity contribution in [2.45, 2.75) is 20.3 Å². The molecule has 0 radical (unpaired) electrons. The average molecular weight is 299 g/mol. The van der Waals surface area contributed by atoms with Gasteiger partial charge in [-0.15, -0.1) is 12.4 Å². The van der Waals surface area contributed by atoms with Crippen LogP contribution in [0.5, 0.6) is 0 Å². The molecule has 0 atom stereocenters. The van der Waals surface area contributed by atoms with Crippen LogP contribution in [-0.2, 0) is 6.42 Å². The summed E-state index contributed by atoms with van der Waals surface area (Å²) in [5.41, 5.74) is 5.68. The Morgan fingerprint density at radius 2 is 1.67 bits per heavy atom. The van der Waals surface area contributed by atoms with Crippen molar-refractivity contribution in [1.29, 1.82) is 0 Å². The van der Waals surface area contributed by atoms with Crippen LogP contribution in [0.3, 0.4) is 0 Å². The maximum Gasteiger partial charge on any atom is 0.0726 e. The number of aromatic nitrogens is 1. The molecule has 0 aliphatic rings. The Morgan fingerprint density at radius 3 is 2.48 bits per heavy atom. The number of nitrogens with one attached hydrogen (secondary N) is 1. The molecule has 0 fully saturated rings. The van der Waals surface area contributed by atoms with Crippen molar-refractivity contribution in [2.75, 3.05) is 5.32 Å². The molecule has 0 unspecified atom stereocenters. The number of halogens is 1. The second kappa shape index (κ2) is 6.59. The molecule has 21 heavy (non-hydrogen) atoms. The molecule has 3 aromatic rings. The van der Waals surface area contributed by atoms with Crippen molar-refractivity contribution in [2.24, 2.45) is 0 Å². The Kier molecular flexibility index (Phi) is 4.81. The van der Waals surface area contributed by atoms with Gasteiger partial charge in [-0.05, 0) is 37.1 Å². The molecule has 0 saturated heterocycles. The van der Waals surface area contributed by atoms with E-state index in [-0.39, 0.29) is 12.4 Å². The largest absolute Gasteiger partial charge is 0.355 e. The predicted molar refractivity (Wildman–Crippen MR) is 92.8 cm³/mol. The van der Waals surface area contributed by atoms with Gasteiger partial charge in [-0.2, -0.15) is 0 Å². The van der Waals surface area contributed by atoms with Gasteiger partial charge in [0.05, 0.1) is 5.52 Å². The molecule has 2 aromatic carbocycles. The summed E-state index contributed by atoms with van der Waals surface area (Å²) in [6.07, 6.45) is 1.02. The minimum Gasteiger partial charge on any atom is -0.355 e. The number of fused-ring (bicyclic) bond motifs is 1. The lowest BCUT2D eigenvalue weighted by Crippen LogP contribution is -1.97. The molecule has 0 bridgehead atoms. The third-order valence-corrected chi connectivity index (χ3v) is 3.51. The zero-order valence-corrected chi connectivity index (χ0v) is 13.1. The first-order chi connectivity index (χ1) is 9.78. The van der Waals surface area contributed by atoms with E-state index in [1.54, 1.807) is 0 Å². The topological polar surface area (TPSA) is 24.9 Å². The Morgan fingerprint density at radius 1 is 0.952 bits per heavy atom. The highest BCUT2D eigenvalue weighted by atomic mass is 35.5. The lowest BCUT2D eigenvalue weighted by molar-refractivity contribution is 1.14. The molecule has 2 nitrogen and oxygen atoms in total. The molecule has 3 rings (SSSR count). The van der Waals surface area contributed by atoms with Gasteiger partial charge in [0.15, 0.2) is 0 Å². The molecular formula is C18H19ClN2. The van der Waals surface area contributed by atoms with Gasteiger partial charge in [0.1, 0.15) is 0 Å². The van der Waals surface area contributed by atoms with Crippen molar-refractivity contribution < 1.29 is 0 Å². The Bertz CT molecular complexity index is 753. The van der Waals surface area contributed by atoms with E-state index in [1.807, 2.05) is 13.0 Å². The van der Waals surface area contributed by atoms with E-state index in [0.717, 1.165) is 28.7 Å². The number of anilines is 2. The van der Waals surface area contributed by atoms with Crippen molar-refractivity contribution in [3.8, 4) is 0 Å². The van der Waals surface area contributed by atoms with Crippen LogP contribution in [-0.4, -0.2) is 4.98 Å². The third kappa shape index (κ3) is 3.17. The van der Waals surface area contributed by atoms with Crippen LogP contribution in [0, 0.1) is 6.92 Å². The van der Waals surface area contributed by atoms with Gasteiger partial charge in [-0.1, -0.05) is 43.3 Å². The van der Waals surface area contributed by atoms with E-state index < -0.39 is 0 Å². The van der Waals surface area contributed by atoms with Gasteiger partial charge in [-0.3, -0.25) is 4.98 Å². The molecule has 0 aliphatic carbocycles. The summed E-state index contributed by atoms with van der Waals surface area (Å²) in [4.78, 5) is 4.58. The van der Waals surface area contributed by atoms with Gasteiger partial charge < -0.3 is 5.32 Å². The normalized spacial score (nSPS) is 10.2. The summed E-state index contributed by atoms with van der Waals surface area (Å²) in [6, 6.07) is 18.8. The molecule has 1 N–H and O–H groups in total. The number of aryl methyl sites for hydroxylation is 2. The van der Waals surface area contributed by atoms with E-state index in [4.69, 9.17) is 0 Å². The summed E-state index contributed by atoms with van der Waals surface area (Å²) in [6.45, 7) is 4.21. The number of hydrogen-bond donors (Lipinski definition) is 1. The predicted octanol–water partition coefficient (Wildman–Crippen LogP) is 5.27. The third-order valence-electron chi connectivity index (χ3n) is 3.51. The van der Waals surface area contributed by atoms with Crippen LogP contribution in [0.25, 0.3) is 10.9 Å². The molecule has 0 aliphatic heterocycles. The maximum atomic E-state index is 4.58. The summed E-state index contributed by atoms with van der Waals surface area (Å²) < 4.78 is 0. The maximum absolute atomic E-state index is 4.58. The highest BCUT2D eigenvalue weighted by Crippen LogP contribution is 2.28. The molecule has 0 amide bonds. The van der Waals surface area contributed by atoms with Gasteiger partial charge in [0.25, 0.3) is 0 Å². The molecule has 1 aromatic heterocycles. The second-order valence-electron chi connectivity index (χ2n) is 4.96. The van der Waals surface area contributed by atoms with Crippen LogP contribution in [0.4, 0.5) is 11.4 Å². The highest BCUT2D eigenvalue weighted by Gasteiger charge is 2.05. The fourth-order valence-electron chi connectivity index (χ4n) is 2.51. The van der Waals surface area contributed by atoms with Gasteiger partial charge >= 0.3 is 0 Å². The Labute approximate surface area is 131 Å². The van der Waals surface area contributed by atoms with E-state index >= 15 is 0 Å². The monoisotopic (exact) mass is 298 g/mol. The number of nitrogens with zero attached hydrogens (tertiary/aromatic N) is 1. The fourth-order valence-corrected chi connectivity index (χ4v) is 2.51. The molecule has 108 valence electrons. The summed E-state index contributed by atoms with van der Waals surface area (Å²) in [7, 11) is 0. The van der Waals surface area contributed by atoms with Gasteiger partial charge in [0, 0.05) is 22.5 Å². The van der Waals surface area contributed by atoms with Crippen LogP contribution < -0.4 is 5.32 Å². The molecule has 0 spiro atoms. The molecule has 3 heteroatoms. The smallest absolute Gasteiger partial charge is 0.0726 e. The van der Waals surface area contributed by atoms with E-state index in [1.165, 1.54) is 11.3 Å². The Balaban J connectivity index is 0.00000161. The molecule has 0 saturated carbocycles. The lowest BCUT2D eigenvalue weighted by atomic mass is 10.1. The van der Waals surface area contributed by atoms with Crippen LogP contribution in [0.15, 0.2) is 54.6 Å². The zero-order chi connectivity index (χ0) is 13.9. The van der Waals surface area contributed by atoms with Crippen molar-refractivity contribution in [3.63, 3.8) is 0 Å². The number of benzene rings is 2. The van der Waals surface area contributed by atoms with Crippen LogP contribution >= 0.6 is 12.4 Å². The van der Waals surface area contributed by atoms with Crippen molar-refractivity contribution >= 4 is 34.7 Å². The zero-order valence-electron chi connectivity index (χ0n) is 12.3. The van der Waals surface area contributed by atoms with E-state index in [9.17, 15) is 0 Å². The standard InChI is InChI=1S/C18H18N2.ClH/c1-3-14-8-4-6-10-16(14)20-18-12-13(2)19-17-11-7-5-9-15(17)18;/h4-12H,3H2,1-2H3,(H,19,20);1H. The van der Waals surface area contributed by atoms with Crippen molar-refractivity contribution in [1.82, 2.24) is 4.98 Å². The first-order valence-electron chi connectivity index (χ1n) is 6.99. The SMILES string of the molecule is CCc1ccccc1Nc1cc(C)nc2ccccc12.Cl. The quantitative estimate of drug-likeness (QED) is 0.712. The fraction of sp³-hybridized carbons (Fsp3) is 0.167. The molecule has 1 heterocycles. The number of hydrogen-bond acceptors (Lipinski definition) is 2.